The number of carbonyl (C=O) groups excluding carboxylic acids is 1. The Bertz CT molecular complexity index is 605. The van der Waals surface area contributed by atoms with Crippen molar-refractivity contribution in [1.29, 1.82) is 0 Å². The van der Waals surface area contributed by atoms with E-state index in [1.807, 2.05) is 19.1 Å². The van der Waals surface area contributed by atoms with Crippen molar-refractivity contribution in [2.75, 3.05) is 20.3 Å². The van der Waals surface area contributed by atoms with Gasteiger partial charge in [0.15, 0.2) is 5.78 Å². The second-order valence-corrected chi connectivity index (χ2v) is 4.47. The van der Waals surface area contributed by atoms with E-state index in [9.17, 15) is 4.79 Å². The summed E-state index contributed by atoms with van der Waals surface area (Å²) in [5.41, 5.74) is 1.85. The first-order chi connectivity index (χ1) is 9.63. The lowest BCUT2D eigenvalue weighted by Gasteiger charge is -2.10. The molecule has 2 rings (SSSR count). The minimum Gasteiger partial charge on any atom is -0.490 e. The van der Waals surface area contributed by atoms with Gasteiger partial charge in [0.05, 0.1) is 23.4 Å². The molecule has 0 N–H and O–H groups in total. The number of hydrogen-bond acceptors (Lipinski definition) is 4. The van der Waals surface area contributed by atoms with E-state index in [4.69, 9.17) is 9.47 Å². The van der Waals surface area contributed by atoms with Crippen LogP contribution in [-0.2, 0) is 11.8 Å². The number of hydrogen-bond donors (Lipinski definition) is 0. The average molecular weight is 274 g/mol. The van der Waals surface area contributed by atoms with Gasteiger partial charge in [0.1, 0.15) is 12.4 Å². The van der Waals surface area contributed by atoms with Crippen molar-refractivity contribution in [1.82, 2.24) is 9.78 Å². The summed E-state index contributed by atoms with van der Waals surface area (Å²) in [4.78, 5) is 12.6. The van der Waals surface area contributed by atoms with Crippen LogP contribution in [0.15, 0.2) is 30.5 Å². The van der Waals surface area contributed by atoms with Gasteiger partial charge in [-0.2, -0.15) is 5.10 Å². The molecule has 1 aromatic carbocycles. The molecule has 0 saturated heterocycles. The summed E-state index contributed by atoms with van der Waals surface area (Å²) in [5, 5.41) is 4.20. The molecule has 0 atom stereocenters. The third-order valence-corrected chi connectivity index (χ3v) is 2.93. The number of nitrogens with zero attached hydrogens (tertiary/aromatic N) is 2. The summed E-state index contributed by atoms with van der Waals surface area (Å²) in [5.74, 6) is 0.487. The van der Waals surface area contributed by atoms with Crippen LogP contribution in [0.4, 0.5) is 0 Å². The zero-order chi connectivity index (χ0) is 14.5. The smallest absolute Gasteiger partial charge is 0.200 e. The van der Waals surface area contributed by atoms with Crippen molar-refractivity contribution in [2.45, 2.75) is 6.92 Å². The maximum absolute atomic E-state index is 12.6. The summed E-state index contributed by atoms with van der Waals surface area (Å²) in [6, 6.07) is 7.21. The van der Waals surface area contributed by atoms with Gasteiger partial charge in [-0.25, -0.2) is 0 Å². The molecule has 0 bridgehead atoms. The average Bonchev–Trinajstić information content (AvgIpc) is 2.78. The number of aryl methyl sites for hydroxylation is 2. The van der Waals surface area contributed by atoms with E-state index in [1.165, 1.54) is 0 Å². The minimum absolute atomic E-state index is 0.0800. The predicted molar refractivity (Wildman–Crippen MR) is 75.2 cm³/mol. The van der Waals surface area contributed by atoms with Crippen molar-refractivity contribution >= 4 is 5.78 Å². The summed E-state index contributed by atoms with van der Waals surface area (Å²) in [6.45, 7) is 2.71. The topological polar surface area (TPSA) is 53.4 Å². The van der Waals surface area contributed by atoms with Gasteiger partial charge in [-0.05, 0) is 19.1 Å². The third-order valence-electron chi connectivity index (χ3n) is 2.93. The molecular formula is C15H18N2O3. The van der Waals surface area contributed by atoms with Crippen LogP contribution >= 0.6 is 0 Å². The fourth-order valence-electron chi connectivity index (χ4n) is 1.98. The van der Waals surface area contributed by atoms with E-state index in [1.54, 1.807) is 37.2 Å². The Hall–Kier alpha value is -2.14. The Balaban J connectivity index is 2.27. The molecule has 0 saturated carbocycles. The fraction of sp³-hybridized carbons (Fsp3) is 0.333. The van der Waals surface area contributed by atoms with Crippen LogP contribution in [-0.4, -0.2) is 35.9 Å². The largest absolute Gasteiger partial charge is 0.490 e. The zero-order valence-electron chi connectivity index (χ0n) is 11.9. The van der Waals surface area contributed by atoms with E-state index >= 15 is 0 Å². The molecular weight excluding hydrogens is 256 g/mol. The highest BCUT2D eigenvalue weighted by Gasteiger charge is 2.18. The number of ketones is 1. The van der Waals surface area contributed by atoms with Crippen LogP contribution in [0, 0.1) is 6.92 Å². The molecule has 0 aliphatic rings. The first kappa shape index (κ1) is 14.3. The molecule has 2 aromatic rings. The van der Waals surface area contributed by atoms with Crippen LogP contribution in [0.3, 0.4) is 0 Å². The van der Waals surface area contributed by atoms with Gasteiger partial charge in [0, 0.05) is 20.4 Å². The molecule has 1 aromatic heterocycles. The molecule has 0 fully saturated rings. The second kappa shape index (κ2) is 6.34. The molecule has 0 aliphatic heterocycles. The van der Waals surface area contributed by atoms with E-state index in [-0.39, 0.29) is 5.78 Å². The number of para-hydroxylation sites is 1. The summed E-state index contributed by atoms with van der Waals surface area (Å²) >= 11 is 0. The molecule has 0 aliphatic carbocycles. The number of ether oxygens (including phenoxy) is 2. The second-order valence-electron chi connectivity index (χ2n) is 4.47. The quantitative estimate of drug-likeness (QED) is 0.597. The third kappa shape index (κ3) is 3.05. The molecule has 0 unspecified atom stereocenters. The standard InChI is InChI=1S/C15H18N2O3/c1-11-13(10-17(2)16-11)15(18)12-6-4-5-7-14(12)20-9-8-19-3/h4-7,10H,8-9H2,1-3H3. The minimum atomic E-state index is -0.0800. The maximum atomic E-state index is 12.6. The monoisotopic (exact) mass is 274 g/mol. The van der Waals surface area contributed by atoms with Gasteiger partial charge in [-0.1, -0.05) is 12.1 Å². The Morgan fingerprint density at radius 3 is 2.65 bits per heavy atom. The van der Waals surface area contributed by atoms with E-state index in [2.05, 4.69) is 5.10 Å². The van der Waals surface area contributed by atoms with Crippen molar-refractivity contribution in [2.24, 2.45) is 7.05 Å². The maximum Gasteiger partial charge on any atom is 0.200 e. The van der Waals surface area contributed by atoms with Crippen LogP contribution in [0.25, 0.3) is 0 Å². The molecule has 0 spiro atoms. The lowest BCUT2D eigenvalue weighted by Crippen LogP contribution is -2.09. The summed E-state index contributed by atoms with van der Waals surface area (Å²) in [7, 11) is 3.41. The zero-order valence-corrected chi connectivity index (χ0v) is 11.9. The highest BCUT2D eigenvalue weighted by atomic mass is 16.5. The first-order valence-electron chi connectivity index (χ1n) is 6.39. The highest BCUT2D eigenvalue weighted by molar-refractivity contribution is 6.11. The van der Waals surface area contributed by atoms with Gasteiger partial charge in [-0.3, -0.25) is 9.48 Å². The number of methoxy groups -OCH3 is 1. The van der Waals surface area contributed by atoms with Crippen LogP contribution in [0.1, 0.15) is 21.6 Å². The Kier molecular flexibility index (Phi) is 4.53. The Morgan fingerprint density at radius 1 is 1.25 bits per heavy atom. The number of benzene rings is 1. The lowest BCUT2D eigenvalue weighted by atomic mass is 10.0. The number of aromatic nitrogens is 2. The molecule has 5 nitrogen and oxygen atoms in total. The summed E-state index contributed by atoms with van der Waals surface area (Å²) < 4.78 is 12.2. The van der Waals surface area contributed by atoms with Gasteiger partial charge in [0.25, 0.3) is 0 Å². The summed E-state index contributed by atoms with van der Waals surface area (Å²) in [6.07, 6.45) is 1.73. The van der Waals surface area contributed by atoms with E-state index in [0.29, 0.717) is 35.8 Å². The SMILES string of the molecule is COCCOc1ccccc1C(=O)c1cn(C)nc1C. The van der Waals surface area contributed by atoms with E-state index < -0.39 is 0 Å². The number of carbonyl (C=O) groups is 1. The van der Waals surface area contributed by atoms with Gasteiger partial charge >= 0.3 is 0 Å². The van der Waals surface area contributed by atoms with Gasteiger partial charge in [-0.15, -0.1) is 0 Å². The van der Waals surface area contributed by atoms with Crippen LogP contribution < -0.4 is 4.74 Å². The van der Waals surface area contributed by atoms with Gasteiger partial charge in [0.2, 0.25) is 0 Å². The lowest BCUT2D eigenvalue weighted by molar-refractivity contribution is 0.103. The van der Waals surface area contributed by atoms with Crippen LogP contribution in [0.5, 0.6) is 5.75 Å². The first-order valence-corrected chi connectivity index (χ1v) is 6.39. The molecule has 5 heteroatoms. The molecule has 0 radical (unpaired) electrons. The molecule has 1 heterocycles. The van der Waals surface area contributed by atoms with Crippen molar-refractivity contribution in [3.05, 3.63) is 47.3 Å². The van der Waals surface area contributed by atoms with Gasteiger partial charge < -0.3 is 9.47 Å². The Labute approximate surface area is 118 Å². The van der Waals surface area contributed by atoms with E-state index in [0.717, 1.165) is 0 Å². The van der Waals surface area contributed by atoms with Crippen molar-refractivity contribution < 1.29 is 14.3 Å². The molecule has 106 valence electrons. The van der Waals surface area contributed by atoms with Crippen molar-refractivity contribution in [3.63, 3.8) is 0 Å². The highest BCUT2D eigenvalue weighted by Crippen LogP contribution is 2.22. The molecule has 20 heavy (non-hydrogen) atoms. The number of rotatable bonds is 6. The predicted octanol–water partition coefficient (Wildman–Crippen LogP) is 1.98. The fourth-order valence-corrected chi connectivity index (χ4v) is 1.98. The van der Waals surface area contributed by atoms with Crippen LogP contribution in [0.2, 0.25) is 0 Å². The normalized spacial score (nSPS) is 10.6. The Morgan fingerprint density at radius 2 is 2.00 bits per heavy atom. The van der Waals surface area contributed by atoms with Crippen molar-refractivity contribution in [3.8, 4) is 5.75 Å². The molecule has 0 amide bonds.